The van der Waals surface area contributed by atoms with E-state index in [1.54, 1.807) is 31.3 Å². The number of carbonyl (C=O) groups excluding carboxylic acids is 1. The number of carboxylic acid groups (broad SMARTS) is 1. The molecule has 1 atom stereocenters. The third-order valence-electron chi connectivity index (χ3n) is 3.31. The second kappa shape index (κ2) is 6.30. The highest BCUT2D eigenvalue weighted by Gasteiger charge is 2.22. The van der Waals surface area contributed by atoms with Crippen LogP contribution in [0.4, 0.5) is 0 Å². The molecule has 6 nitrogen and oxygen atoms in total. The Hall–Kier alpha value is -2.50. The van der Waals surface area contributed by atoms with Crippen molar-refractivity contribution >= 4 is 22.9 Å². The fourth-order valence-corrected chi connectivity index (χ4v) is 2.10. The van der Waals surface area contributed by atoms with Gasteiger partial charge in [-0.15, -0.1) is 0 Å². The lowest BCUT2D eigenvalue weighted by molar-refractivity contribution is -0.141. The number of amides is 1. The Labute approximate surface area is 122 Å². The van der Waals surface area contributed by atoms with E-state index in [0.717, 1.165) is 0 Å². The topological polar surface area (TPSA) is 83.4 Å². The van der Waals surface area contributed by atoms with Crippen LogP contribution >= 0.6 is 0 Å². The Bertz CT molecular complexity index is 667. The van der Waals surface area contributed by atoms with E-state index < -0.39 is 11.9 Å². The van der Waals surface area contributed by atoms with Crippen LogP contribution in [0.5, 0.6) is 0 Å². The zero-order valence-electron chi connectivity index (χ0n) is 12.0. The van der Waals surface area contributed by atoms with Crippen LogP contribution in [0.15, 0.2) is 30.6 Å². The average Bonchev–Trinajstić information content (AvgIpc) is 2.51. The van der Waals surface area contributed by atoms with E-state index in [1.807, 2.05) is 6.92 Å². The molecule has 0 aliphatic carbocycles. The third kappa shape index (κ3) is 3.16. The third-order valence-corrected chi connectivity index (χ3v) is 3.31. The van der Waals surface area contributed by atoms with E-state index in [9.17, 15) is 9.59 Å². The molecule has 1 amide bonds. The van der Waals surface area contributed by atoms with Crippen LogP contribution in [0.3, 0.4) is 0 Å². The van der Waals surface area contributed by atoms with Gasteiger partial charge in [0.05, 0.1) is 17.0 Å². The second-order valence-corrected chi connectivity index (χ2v) is 4.81. The summed E-state index contributed by atoms with van der Waals surface area (Å²) in [4.78, 5) is 33.5. The quantitative estimate of drug-likeness (QED) is 0.906. The molecule has 0 bridgehead atoms. The van der Waals surface area contributed by atoms with Gasteiger partial charge in [-0.1, -0.05) is 13.0 Å². The maximum atomic E-state index is 12.6. The van der Waals surface area contributed by atoms with Crippen molar-refractivity contribution in [2.75, 3.05) is 13.1 Å². The van der Waals surface area contributed by atoms with Crippen molar-refractivity contribution in [2.45, 2.75) is 13.8 Å². The van der Waals surface area contributed by atoms with E-state index >= 15 is 0 Å². The Morgan fingerprint density at radius 3 is 2.67 bits per heavy atom. The molecule has 1 aromatic heterocycles. The highest BCUT2D eigenvalue weighted by molar-refractivity contribution is 6.04. The van der Waals surface area contributed by atoms with Gasteiger partial charge in [0.2, 0.25) is 0 Å². The SMILES string of the molecule is CCN(CC(C)C(=O)O)C(=O)c1cccc2nccnc12. The van der Waals surface area contributed by atoms with E-state index in [2.05, 4.69) is 9.97 Å². The van der Waals surface area contributed by atoms with Gasteiger partial charge >= 0.3 is 5.97 Å². The van der Waals surface area contributed by atoms with Crippen LogP contribution in [0, 0.1) is 5.92 Å². The number of aliphatic carboxylic acids is 1. The highest BCUT2D eigenvalue weighted by Crippen LogP contribution is 2.16. The standard InChI is InChI=1S/C15H17N3O3/c1-3-18(9-10(2)15(20)21)14(19)11-5-4-6-12-13(11)17-8-7-16-12/h4-8,10H,3,9H2,1-2H3,(H,20,21). The molecule has 2 rings (SSSR count). The monoisotopic (exact) mass is 287 g/mol. The summed E-state index contributed by atoms with van der Waals surface area (Å²) in [6, 6.07) is 5.22. The largest absolute Gasteiger partial charge is 0.481 e. The number of carboxylic acids is 1. The molecule has 0 spiro atoms. The summed E-state index contributed by atoms with van der Waals surface area (Å²) in [6.07, 6.45) is 3.11. The number of benzene rings is 1. The summed E-state index contributed by atoms with van der Waals surface area (Å²) < 4.78 is 0. The molecular formula is C15H17N3O3. The first-order valence-electron chi connectivity index (χ1n) is 6.76. The van der Waals surface area contributed by atoms with Gasteiger partial charge in [0.15, 0.2) is 0 Å². The maximum absolute atomic E-state index is 12.6. The minimum Gasteiger partial charge on any atom is -0.481 e. The average molecular weight is 287 g/mol. The molecule has 0 aliphatic heterocycles. The summed E-state index contributed by atoms with van der Waals surface area (Å²) in [7, 11) is 0. The number of carbonyl (C=O) groups is 2. The highest BCUT2D eigenvalue weighted by atomic mass is 16.4. The molecule has 6 heteroatoms. The van der Waals surface area contributed by atoms with E-state index in [4.69, 9.17) is 5.11 Å². The maximum Gasteiger partial charge on any atom is 0.308 e. The zero-order chi connectivity index (χ0) is 15.4. The minimum absolute atomic E-state index is 0.168. The van der Waals surface area contributed by atoms with Crippen molar-refractivity contribution in [2.24, 2.45) is 5.92 Å². The number of nitrogens with zero attached hydrogens (tertiary/aromatic N) is 3. The molecule has 21 heavy (non-hydrogen) atoms. The molecule has 0 aliphatic rings. The van der Waals surface area contributed by atoms with Gasteiger partial charge in [0.1, 0.15) is 5.52 Å². The molecule has 1 unspecified atom stereocenters. The molecule has 0 radical (unpaired) electrons. The van der Waals surface area contributed by atoms with Gasteiger partial charge in [0.25, 0.3) is 5.91 Å². The van der Waals surface area contributed by atoms with Crippen molar-refractivity contribution in [1.82, 2.24) is 14.9 Å². The molecular weight excluding hydrogens is 270 g/mol. The summed E-state index contributed by atoms with van der Waals surface area (Å²) in [5, 5.41) is 8.99. The lowest BCUT2D eigenvalue weighted by Crippen LogP contribution is -2.36. The summed E-state index contributed by atoms with van der Waals surface area (Å²) in [6.45, 7) is 4.01. The number of para-hydroxylation sites is 1. The van der Waals surface area contributed by atoms with Crippen LogP contribution in [0.2, 0.25) is 0 Å². The van der Waals surface area contributed by atoms with Crippen LogP contribution in [0.1, 0.15) is 24.2 Å². The Balaban J connectivity index is 2.34. The van der Waals surface area contributed by atoms with Crippen molar-refractivity contribution in [1.29, 1.82) is 0 Å². The van der Waals surface area contributed by atoms with E-state index in [-0.39, 0.29) is 12.5 Å². The van der Waals surface area contributed by atoms with Gasteiger partial charge in [-0.25, -0.2) is 0 Å². The molecule has 1 heterocycles. The van der Waals surface area contributed by atoms with Crippen molar-refractivity contribution in [3.8, 4) is 0 Å². The van der Waals surface area contributed by atoms with Crippen LogP contribution in [0.25, 0.3) is 11.0 Å². The van der Waals surface area contributed by atoms with Crippen molar-refractivity contribution in [3.63, 3.8) is 0 Å². The number of aromatic nitrogens is 2. The molecule has 110 valence electrons. The van der Waals surface area contributed by atoms with Gasteiger partial charge in [-0.2, -0.15) is 0 Å². The molecule has 1 aromatic carbocycles. The first kappa shape index (κ1) is 14.9. The lowest BCUT2D eigenvalue weighted by Gasteiger charge is -2.23. The second-order valence-electron chi connectivity index (χ2n) is 4.81. The van der Waals surface area contributed by atoms with Crippen molar-refractivity contribution < 1.29 is 14.7 Å². The van der Waals surface area contributed by atoms with Gasteiger partial charge in [-0.05, 0) is 19.1 Å². The Kier molecular flexibility index (Phi) is 4.47. The first-order chi connectivity index (χ1) is 10.0. The fourth-order valence-electron chi connectivity index (χ4n) is 2.10. The van der Waals surface area contributed by atoms with E-state index in [0.29, 0.717) is 23.1 Å². The number of rotatable bonds is 5. The first-order valence-corrected chi connectivity index (χ1v) is 6.76. The number of hydrogen-bond donors (Lipinski definition) is 1. The molecule has 0 saturated heterocycles. The zero-order valence-corrected chi connectivity index (χ0v) is 12.0. The van der Waals surface area contributed by atoms with Gasteiger partial charge in [0, 0.05) is 25.5 Å². The molecule has 2 aromatic rings. The van der Waals surface area contributed by atoms with Gasteiger partial charge in [-0.3, -0.25) is 19.6 Å². The number of hydrogen-bond acceptors (Lipinski definition) is 4. The molecule has 0 fully saturated rings. The lowest BCUT2D eigenvalue weighted by atomic mass is 10.1. The van der Waals surface area contributed by atoms with Crippen LogP contribution in [-0.4, -0.2) is 44.9 Å². The summed E-state index contributed by atoms with van der Waals surface area (Å²) in [5.41, 5.74) is 1.62. The predicted octanol–water partition coefficient (Wildman–Crippen LogP) is 1.81. The van der Waals surface area contributed by atoms with Crippen LogP contribution < -0.4 is 0 Å². The fraction of sp³-hybridized carbons (Fsp3) is 0.333. The Morgan fingerprint density at radius 2 is 2.00 bits per heavy atom. The van der Waals surface area contributed by atoms with Gasteiger partial charge < -0.3 is 10.0 Å². The molecule has 1 N–H and O–H groups in total. The number of fused-ring (bicyclic) bond motifs is 1. The predicted molar refractivity (Wildman–Crippen MR) is 77.9 cm³/mol. The summed E-state index contributed by atoms with van der Waals surface area (Å²) >= 11 is 0. The van der Waals surface area contributed by atoms with E-state index in [1.165, 1.54) is 11.1 Å². The normalized spacial score (nSPS) is 12.1. The minimum atomic E-state index is -0.918. The smallest absolute Gasteiger partial charge is 0.308 e. The Morgan fingerprint density at radius 1 is 1.29 bits per heavy atom. The molecule has 0 saturated carbocycles. The summed E-state index contributed by atoms with van der Waals surface area (Å²) in [5.74, 6) is -1.76. The van der Waals surface area contributed by atoms with Crippen molar-refractivity contribution in [3.05, 3.63) is 36.2 Å². The van der Waals surface area contributed by atoms with Crippen LogP contribution in [-0.2, 0) is 4.79 Å².